The van der Waals surface area contributed by atoms with Crippen molar-refractivity contribution in [3.8, 4) is 0 Å². The van der Waals surface area contributed by atoms with Crippen molar-refractivity contribution in [1.82, 2.24) is 19.6 Å². The summed E-state index contributed by atoms with van der Waals surface area (Å²) in [6.07, 6.45) is 2.78. The molecule has 24 heavy (non-hydrogen) atoms. The number of fused-ring (bicyclic) bond motifs is 2. The van der Waals surface area contributed by atoms with Crippen LogP contribution in [-0.4, -0.2) is 32.5 Å². The molecule has 0 spiro atoms. The number of hydrogen-bond donors (Lipinski definition) is 3. The lowest BCUT2D eigenvalue weighted by atomic mass is 10.2. The Balaban J connectivity index is 1.86. The molecule has 0 aliphatic carbocycles. The minimum atomic E-state index is -0.588. The van der Waals surface area contributed by atoms with Crippen molar-refractivity contribution in [2.75, 3.05) is 17.7 Å². The van der Waals surface area contributed by atoms with E-state index in [1.165, 1.54) is 17.1 Å². The van der Waals surface area contributed by atoms with E-state index in [4.69, 9.17) is 10.2 Å². The number of nitrogens with one attached hydrogen (secondary N) is 2. The first-order chi connectivity index (χ1) is 11.7. The Morgan fingerprint density at radius 1 is 1.38 bits per heavy atom. The minimum Gasteiger partial charge on any atom is -0.443 e. The second-order valence-corrected chi connectivity index (χ2v) is 5.06. The van der Waals surface area contributed by atoms with E-state index >= 15 is 0 Å². The number of para-hydroxylation sites is 1. The molecule has 0 aliphatic heterocycles. The topological polar surface area (TPSA) is 123 Å². The molecule has 0 fully saturated rings. The fourth-order valence-electron chi connectivity index (χ4n) is 2.50. The molecule has 0 aliphatic rings. The number of rotatable bonds is 4. The first-order valence-corrected chi connectivity index (χ1v) is 7.13. The number of carbonyl (C=O) groups is 1. The SMILES string of the molecule is CNc1cc(Nc2cccc3ocnc23)nc2c(C(N)=O)cnn12. The second-order valence-electron chi connectivity index (χ2n) is 5.06. The van der Waals surface area contributed by atoms with Gasteiger partial charge in [0.15, 0.2) is 17.6 Å². The van der Waals surface area contributed by atoms with E-state index in [2.05, 4.69) is 25.7 Å². The lowest BCUT2D eigenvalue weighted by Gasteiger charge is -2.10. The summed E-state index contributed by atoms with van der Waals surface area (Å²) < 4.78 is 6.81. The van der Waals surface area contributed by atoms with Crippen LogP contribution in [0.2, 0.25) is 0 Å². The number of aromatic nitrogens is 4. The van der Waals surface area contributed by atoms with Gasteiger partial charge in [0.2, 0.25) is 0 Å². The van der Waals surface area contributed by atoms with Gasteiger partial charge in [-0.1, -0.05) is 6.07 Å². The van der Waals surface area contributed by atoms with Gasteiger partial charge in [0.1, 0.15) is 22.7 Å². The molecule has 3 heterocycles. The summed E-state index contributed by atoms with van der Waals surface area (Å²) in [5.74, 6) is 0.586. The third-order valence-electron chi connectivity index (χ3n) is 3.62. The summed E-state index contributed by atoms with van der Waals surface area (Å²) in [5.41, 5.74) is 8.08. The average molecular weight is 323 g/mol. The molecule has 4 rings (SSSR count). The summed E-state index contributed by atoms with van der Waals surface area (Å²) in [6, 6.07) is 7.30. The van der Waals surface area contributed by atoms with Crippen molar-refractivity contribution >= 4 is 40.0 Å². The van der Waals surface area contributed by atoms with Crippen LogP contribution in [0.4, 0.5) is 17.3 Å². The van der Waals surface area contributed by atoms with E-state index in [9.17, 15) is 4.79 Å². The Morgan fingerprint density at radius 2 is 2.25 bits per heavy atom. The van der Waals surface area contributed by atoms with E-state index in [-0.39, 0.29) is 5.56 Å². The molecule has 0 unspecified atom stereocenters. The van der Waals surface area contributed by atoms with Crippen LogP contribution in [0.1, 0.15) is 10.4 Å². The van der Waals surface area contributed by atoms with Gasteiger partial charge in [-0.15, -0.1) is 0 Å². The van der Waals surface area contributed by atoms with Crippen molar-refractivity contribution in [3.63, 3.8) is 0 Å². The van der Waals surface area contributed by atoms with E-state index in [1.807, 2.05) is 18.2 Å². The van der Waals surface area contributed by atoms with Crippen molar-refractivity contribution in [3.05, 3.63) is 42.4 Å². The highest BCUT2D eigenvalue weighted by Gasteiger charge is 2.15. The largest absolute Gasteiger partial charge is 0.443 e. The quantitative estimate of drug-likeness (QED) is 0.522. The highest BCUT2D eigenvalue weighted by molar-refractivity contribution is 5.99. The van der Waals surface area contributed by atoms with Crippen LogP contribution in [0.15, 0.2) is 41.3 Å². The van der Waals surface area contributed by atoms with Gasteiger partial charge < -0.3 is 20.8 Å². The number of carbonyl (C=O) groups excluding carboxylic acids is 1. The number of primary amides is 1. The zero-order valence-corrected chi connectivity index (χ0v) is 12.6. The highest BCUT2D eigenvalue weighted by Crippen LogP contribution is 2.26. The number of amides is 1. The molecule has 0 saturated heterocycles. The first-order valence-electron chi connectivity index (χ1n) is 7.13. The first kappa shape index (κ1) is 14.0. The molecule has 1 amide bonds. The summed E-state index contributed by atoms with van der Waals surface area (Å²) in [5, 5.41) is 10.3. The molecular formula is C15H13N7O2. The van der Waals surface area contributed by atoms with Gasteiger partial charge >= 0.3 is 0 Å². The molecular weight excluding hydrogens is 310 g/mol. The molecule has 1 aromatic carbocycles. The van der Waals surface area contributed by atoms with Gasteiger partial charge in [0.05, 0.1) is 11.9 Å². The number of nitrogens with two attached hydrogens (primary N) is 1. The Kier molecular flexibility index (Phi) is 3.05. The van der Waals surface area contributed by atoms with Crippen molar-refractivity contribution in [2.24, 2.45) is 5.73 Å². The fraction of sp³-hybridized carbons (Fsp3) is 0.0667. The Bertz CT molecular complexity index is 1070. The summed E-state index contributed by atoms with van der Waals surface area (Å²) in [7, 11) is 1.75. The van der Waals surface area contributed by atoms with Crippen LogP contribution in [0, 0.1) is 0 Å². The predicted molar refractivity (Wildman–Crippen MR) is 88.3 cm³/mol. The van der Waals surface area contributed by atoms with E-state index < -0.39 is 5.91 Å². The highest BCUT2D eigenvalue weighted by atomic mass is 16.3. The molecule has 4 N–H and O–H groups in total. The number of benzene rings is 1. The van der Waals surface area contributed by atoms with E-state index in [1.54, 1.807) is 13.1 Å². The zero-order valence-electron chi connectivity index (χ0n) is 12.6. The minimum absolute atomic E-state index is 0.245. The van der Waals surface area contributed by atoms with E-state index in [0.717, 1.165) is 5.69 Å². The third kappa shape index (κ3) is 2.10. The zero-order chi connectivity index (χ0) is 16.7. The standard InChI is InChI=1S/C15H13N7O2/c1-17-12-5-11(21-15-8(14(16)23)6-19-22(12)15)20-9-3-2-4-10-13(9)18-7-24-10/h2-7,17H,1H3,(H2,16,23)(H,20,21). The molecule has 9 nitrogen and oxygen atoms in total. The lowest BCUT2D eigenvalue weighted by Crippen LogP contribution is -2.12. The van der Waals surface area contributed by atoms with Gasteiger partial charge in [0.25, 0.3) is 5.91 Å². The van der Waals surface area contributed by atoms with Crippen LogP contribution in [-0.2, 0) is 0 Å². The monoisotopic (exact) mass is 323 g/mol. The normalized spacial score (nSPS) is 11.0. The lowest BCUT2D eigenvalue weighted by molar-refractivity contribution is 0.100. The Morgan fingerprint density at radius 3 is 3.04 bits per heavy atom. The Labute approximate surface area is 135 Å². The summed E-state index contributed by atoms with van der Waals surface area (Å²) >= 11 is 0. The van der Waals surface area contributed by atoms with E-state index in [0.29, 0.717) is 28.4 Å². The van der Waals surface area contributed by atoms with Crippen molar-refractivity contribution in [2.45, 2.75) is 0 Å². The van der Waals surface area contributed by atoms with Gasteiger partial charge in [0, 0.05) is 13.1 Å². The van der Waals surface area contributed by atoms with Crippen LogP contribution in [0.5, 0.6) is 0 Å². The van der Waals surface area contributed by atoms with Gasteiger partial charge in [-0.3, -0.25) is 4.79 Å². The molecule has 0 saturated carbocycles. The van der Waals surface area contributed by atoms with Crippen LogP contribution < -0.4 is 16.4 Å². The molecule has 4 aromatic rings. The summed E-state index contributed by atoms with van der Waals surface area (Å²) in [4.78, 5) is 20.2. The molecule has 120 valence electrons. The summed E-state index contributed by atoms with van der Waals surface area (Å²) in [6.45, 7) is 0. The van der Waals surface area contributed by atoms with Crippen LogP contribution in [0.3, 0.4) is 0 Å². The number of oxazole rings is 1. The Hall–Kier alpha value is -3.62. The molecule has 0 bridgehead atoms. The number of hydrogen-bond acceptors (Lipinski definition) is 7. The smallest absolute Gasteiger partial charge is 0.254 e. The molecule has 9 heteroatoms. The average Bonchev–Trinajstić information content (AvgIpc) is 3.21. The number of nitrogens with zero attached hydrogens (tertiary/aromatic N) is 4. The van der Waals surface area contributed by atoms with Crippen molar-refractivity contribution in [1.29, 1.82) is 0 Å². The van der Waals surface area contributed by atoms with Crippen molar-refractivity contribution < 1.29 is 9.21 Å². The molecule has 0 radical (unpaired) electrons. The predicted octanol–water partition coefficient (Wildman–Crippen LogP) is 1.75. The molecule has 3 aromatic heterocycles. The van der Waals surface area contributed by atoms with Gasteiger partial charge in [-0.05, 0) is 12.1 Å². The third-order valence-corrected chi connectivity index (χ3v) is 3.62. The van der Waals surface area contributed by atoms with Gasteiger partial charge in [-0.2, -0.15) is 9.61 Å². The van der Waals surface area contributed by atoms with Gasteiger partial charge in [-0.25, -0.2) is 9.97 Å². The molecule has 0 atom stereocenters. The maximum atomic E-state index is 11.6. The number of anilines is 3. The fourth-order valence-corrected chi connectivity index (χ4v) is 2.50. The second kappa shape index (κ2) is 5.23. The maximum Gasteiger partial charge on any atom is 0.254 e. The maximum absolute atomic E-state index is 11.6. The van der Waals surface area contributed by atoms with Crippen LogP contribution in [0.25, 0.3) is 16.7 Å². The van der Waals surface area contributed by atoms with Crippen LogP contribution >= 0.6 is 0 Å².